The first kappa shape index (κ1) is 7.36. The SMILES string of the molecule is N#Cc1c[nH]c(-c2nc(N)no2)c1. The van der Waals surface area contributed by atoms with Crippen LogP contribution >= 0.6 is 0 Å². The number of nitrogens with two attached hydrogens (primary N) is 1. The molecule has 2 rings (SSSR count). The molecule has 0 spiro atoms. The number of nitrogens with one attached hydrogen (secondary N) is 1. The summed E-state index contributed by atoms with van der Waals surface area (Å²) in [5.41, 5.74) is 6.35. The molecule has 0 atom stereocenters. The van der Waals surface area contributed by atoms with E-state index < -0.39 is 0 Å². The minimum atomic E-state index is 0.0723. The van der Waals surface area contributed by atoms with E-state index in [9.17, 15) is 0 Å². The number of hydrogen-bond donors (Lipinski definition) is 2. The van der Waals surface area contributed by atoms with Gasteiger partial charge in [-0.3, -0.25) is 0 Å². The Morgan fingerprint density at radius 1 is 1.62 bits per heavy atom. The van der Waals surface area contributed by atoms with E-state index >= 15 is 0 Å². The van der Waals surface area contributed by atoms with Crippen molar-refractivity contribution in [2.24, 2.45) is 0 Å². The lowest BCUT2D eigenvalue weighted by molar-refractivity contribution is 0.432. The average Bonchev–Trinajstić information content (AvgIpc) is 2.71. The summed E-state index contributed by atoms with van der Waals surface area (Å²) < 4.78 is 4.78. The van der Waals surface area contributed by atoms with Crippen LogP contribution in [0.25, 0.3) is 11.6 Å². The van der Waals surface area contributed by atoms with Gasteiger partial charge >= 0.3 is 0 Å². The number of hydrogen-bond acceptors (Lipinski definition) is 5. The molecule has 13 heavy (non-hydrogen) atoms. The predicted octanol–water partition coefficient (Wildman–Crippen LogP) is 0.519. The zero-order valence-electron chi connectivity index (χ0n) is 6.48. The summed E-state index contributed by atoms with van der Waals surface area (Å²) in [5.74, 6) is 0.349. The second kappa shape index (κ2) is 2.64. The summed E-state index contributed by atoms with van der Waals surface area (Å²) in [6.07, 6.45) is 1.55. The first-order chi connectivity index (χ1) is 6.29. The first-order valence-electron chi connectivity index (χ1n) is 3.47. The van der Waals surface area contributed by atoms with Crippen molar-refractivity contribution < 1.29 is 4.52 Å². The van der Waals surface area contributed by atoms with Gasteiger partial charge in [-0.1, -0.05) is 0 Å². The third kappa shape index (κ3) is 1.22. The van der Waals surface area contributed by atoms with Crippen molar-refractivity contribution in [3.05, 3.63) is 17.8 Å². The van der Waals surface area contributed by atoms with Crippen LogP contribution in [-0.4, -0.2) is 15.1 Å². The van der Waals surface area contributed by atoms with Crippen LogP contribution in [0.15, 0.2) is 16.8 Å². The Hall–Kier alpha value is -2.29. The number of rotatable bonds is 1. The molecule has 0 amide bonds. The van der Waals surface area contributed by atoms with Gasteiger partial charge in [0, 0.05) is 6.20 Å². The molecule has 0 aromatic carbocycles. The van der Waals surface area contributed by atoms with Crippen LogP contribution in [0.3, 0.4) is 0 Å². The Bertz CT molecular complexity index is 463. The molecule has 0 fully saturated rings. The smallest absolute Gasteiger partial charge is 0.275 e. The largest absolute Gasteiger partial charge is 0.365 e. The zero-order chi connectivity index (χ0) is 9.26. The van der Waals surface area contributed by atoms with Gasteiger partial charge in [-0.05, 0) is 11.2 Å². The van der Waals surface area contributed by atoms with Crippen LogP contribution in [0.5, 0.6) is 0 Å². The molecule has 0 aliphatic carbocycles. The highest BCUT2D eigenvalue weighted by atomic mass is 16.5. The number of aromatic nitrogens is 3. The molecule has 3 N–H and O–H groups in total. The molecule has 64 valence electrons. The lowest BCUT2D eigenvalue weighted by atomic mass is 10.3. The van der Waals surface area contributed by atoms with Gasteiger partial charge in [0.2, 0.25) is 0 Å². The number of nitrogens with zero attached hydrogens (tertiary/aromatic N) is 3. The van der Waals surface area contributed by atoms with Crippen molar-refractivity contribution in [2.75, 3.05) is 5.73 Å². The molecule has 2 heterocycles. The molecule has 0 radical (unpaired) electrons. The van der Waals surface area contributed by atoms with E-state index in [-0.39, 0.29) is 11.8 Å². The van der Waals surface area contributed by atoms with Crippen molar-refractivity contribution >= 4 is 5.95 Å². The monoisotopic (exact) mass is 175 g/mol. The fourth-order valence-electron chi connectivity index (χ4n) is 0.927. The van der Waals surface area contributed by atoms with Gasteiger partial charge in [-0.2, -0.15) is 10.2 Å². The molecule has 6 nitrogen and oxygen atoms in total. The highest BCUT2D eigenvalue weighted by molar-refractivity contribution is 5.52. The van der Waals surface area contributed by atoms with Crippen molar-refractivity contribution in [1.29, 1.82) is 5.26 Å². The van der Waals surface area contributed by atoms with E-state index in [1.807, 2.05) is 6.07 Å². The molecule has 2 aromatic rings. The van der Waals surface area contributed by atoms with Crippen LogP contribution in [0.1, 0.15) is 5.56 Å². The second-order valence-corrected chi connectivity index (χ2v) is 2.37. The van der Waals surface area contributed by atoms with Gasteiger partial charge < -0.3 is 15.2 Å². The summed E-state index contributed by atoms with van der Waals surface area (Å²) in [7, 11) is 0. The molecule has 0 saturated heterocycles. The Morgan fingerprint density at radius 3 is 3.00 bits per heavy atom. The zero-order valence-corrected chi connectivity index (χ0v) is 6.48. The van der Waals surface area contributed by atoms with E-state index in [0.29, 0.717) is 11.3 Å². The van der Waals surface area contributed by atoms with Crippen LogP contribution < -0.4 is 5.73 Å². The van der Waals surface area contributed by atoms with Gasteiger partial charge in [0.25, 0.3) is 11.8 Å². The van der Waals surface area contributed by atoms with E-state index in [1.54, 1.807) is 12.3 Å². The topological polar surface area (TPSA) is 105 Å². The highest BCUT2D eigenvalue weighted by Gasteiger charge is 2.08. The number of H-pyrrole nitrogens is 1. The summed E-state index contributed by atoms with van der Waals surface area (Å²) in [5, 5.41) is 12.0. The molecule has 0 aliphatic heterocycles. The fraction of sp³-hybridized carbons (Fsp3) is 0. The molecule has 0 bridgehead atoms. The minimum Gasteiger partial charge on any atom is -0.365 e. The quantitative estimate of drug-likeness (QED) is 0.657. The van der Waals surface area contributed by atoms with Crippen LogP contribution in [0.2, 0.25) is 0 Å². The van der Waals surface area contributed by atoms with Gasteiger partial charge in [0.15, 0.2) is 0 Å². The Morgan fingerprint density at radius 2 is 2.46 bits per heavy atom. The molecule has 2 aromatic heterocycles. The van der Waals surface area contributed by atoms with Gasteiger partial charge in [-0.25, -0.2) is 0 Å². The summed E-state index contributed by atoms with van der Waals surface area (Å²) >= 11 is 0. The summed E-state index contributed by atoms with van der Waals surface area (Å²) in [6, 6.07) is 3.58. The summed E-state index contributed by atoms with van der Waals surface area (Å²) in [6.45, 7) is 0. The molecule has 0 unspecified atom stereocenters. The van der Waals surface area contributed by atoms with Crippen molar-refractivity contribution in [2.45, 2.75) is 0 Å². The van der Waals surface area contributed by atoms with Crippen LogP contribution in [-0.2, 0) is 0 Å². The van der Waals surface area contributed by atoms with Gasteiger partial charge in [-0.15, -0.1) is 0 Å². The highest BCUT2D eigenvalue weighted by Crippen LogP contribution is 2.16. The van der Waals surface area contributed by atoms with E-state index in [0.717, 1.165) is 0 Å². The third-order valence-corrected chi connectivity index (χ3v) is 1.48. The number of nitrogen functional groups attached to an aromatic ring is 1. The van der Waals surface area contributed by atoms with E-state index in [2.05, 4.69) is 15.1 Å². The maximum Gasteiger partial charge on any atom is 0.275 e. The molecule has 0 aliphatic rings. The minimum absolute atomic E-state index is 0.0723. The van der Waals surface area contributed by atoms with Crippen molar-refractivity contribution in [3.8, 4) is 17.7 Å². The van der Waals surface area contributed by atoms with Crippen molar-refractivity contribution in [3.63, 3.8) is 0 Å². The van der Waals surface area contributed by atoms with Crippen LogP contribution in [0, 0.1) is 11.3 Å². The summed E-state index contributed by atoms with van der Waals surface area (Å²) in [4.78, 5) is 6.60. The Kier molecular flexibility index (Phi) is 1.49. The number of anilines is 1. The van der Waals surface area contributed by atoms with Crippen LogP contribution in [0.4, 0.5) is 5.95 Å². The molecule has 6 heteroatoms. The standard InChI is InChI=1S/C7H5N5O/c8-2-4-1-5(10-3-4)6-11-7(9)12-13-6/h1,3,10H,(H2,9,12). The normalized spacial score (nSPS) is 9.77. The molecular weight excluding hydrogens is 170 g/mol. The maximum atomic E-state index is 8.54. The van der Waals surface area contributed by atoms with E-state index in [4.69, 9.17) is 15.5 Å². The first-order valence-corrected chi connectivity index (χ1v) is 3.47. The number of aromatic amines is 1. The second-order valence-electron chi connectivity index (χ2n) is 2.37. The fourth-order valence-corrected chi connectivity index (χ4v) is 0.927. The predicted molar refractivity (Wildman–Crippen MR) is 43.2 cm³/mol. The van der Waals surface area contributed by atoms with Gasteiger partial charge in [0.1, 0.15) is 11.8 Å². The van der Waals surface area contributed by atoms with Gasteiger partial charge in [0.05, 0.1) is 5.56 Å². The lowest BCUT2D eigenvalue weighted by Gasteiger charge is -1.82. The molecular formula is C7H5N5O. The molecule has 0 saturated carbocycles. The average molecular weight is 175 g/mol. The van der Waals surface area contributed by atoms with E-state index in [1.165, 1.54) is 0 Å². The Labute approximate surface area is 73.0 Å². The Balaban J connectivity index is 2.42. The number of nitriles is 1. The lowest BCUT2D eigenvalue weighted by Crippen LogP contribution is -1.85. The maximum absolute atomic E-state index is 8.54. The third-order valence-electron chi connectivity index (χ3n) is 1.48. The van der Waals surface area contributed by atoms with Crippen molar-refractivity contribution in [1.82, 2.24) is 15.1 Å².